The van der Waals surface area contributed by atoms with Crippen LogP contribution in [0.15, 0.2) is 55.1 Å². The largest absolute Gasteiger partial charge is 0.406 e. The topological polar surface area (TPSA) is 68.8 Å². The van der Waals surface area contributed by atoms with Gasteiger partial charge in [0.05, 0.1) is 23.9 Å². The molecule has 3 heterocycles. The van der Waals surface area contributed by atoms with Crippen LogP contribution in [0.25, 0.3) is 16.9 Å². The molecule has 4 aromatic rings. The number of imidazole rings is 1. The molecule has 0 saturated heterocycles. The van der Waals surface area contributed by atoms with Gasteiger partial charge in [0.2, 0.25) is 0 Å². The Balaban J connectivity index is 1.46. The summed E-state index contributed by atoms with van der Waals surface area (Å²) in [5.74, 6) is -1.28. The lowest BCUT2D eigenvalue weighted by Gasteiger charge is -2.26. The van der Waals surface area contributed by atoms with Crippen molar-refractivity contribution in [2.75, 3.05) is 11.4 Å². The van der Waals surface area contributed by atoms with E-state index in [4.69, 9.17) is 11.6 Å². The highest BCUT2D eigenvalue weighted by Crippen LogP contribution is 2.35. The molecule has 0 aliphatic carbocycles. The van der Waals surface area contributed by atoms with Crippen LogP contribution in [0.3, 0.4) is 0 Å². The highest BCUT2D eigenvalue weighted by atomic mass is 35.5. The molecule has 0 radical (unpaired) electrons. The summed E-state index contributed by atoms with van der Waals surface area (Å²) in [6.07, 6.45) is 0.512. The van der Waals surface area contributed by atoms with Crippen LogP contribution in [0.1, 0.15) is 23.7 Å². The minimum absolute atomic E-state index is 0.164. The van der Waals surface area contributed by atoms with E-state index in [1.165, 1.54) is 35.4 Å². The van der Waals surface area contributed by atoms with Crippen molar-refractivity contribution < 1.29 is 22.4 Å². The van der Waals surface area contributed by atoms with Crippen molar-refractivity contribution in [1.29, 1.82) is 0 Å². The van der Waals surface area contributed by atoms with Crippen LogP contribution in [-0.4, -0.2) is 43.2 Å². The van der Waals surface area contributed by atoms with E-state index in [-0.39, 0.29) is 17.8 Å². The maximum atomic E-state index is 14.8. The van der Waals surface area contributed by atoms with Crippen molar-refractivity contribution in [3.05, 3.63) is 77.2 Å². The van der Waals surface area contributed by atoms with Gasteiger partial charge in [0.15, 0.2) is 0 Å². The van der Waals surface area contributed by atoms with Gasteiger partial charge >= 0.3 is 6.18 Å². The summed E-state index contributed by atoms with van der Waals surface area (Å²) in [4.78, 5) is 18.1. The first-order valence-electron chi connectivity index (χ1n) is 11.0. The van der Waals surface area contributed by atoms with Gasteiger partial charge in [0.25, 0.3) is 5.91 Å². The average Bonchev–Trinajstić information content (AvgIpc) is 3.44. The molecule has 186 valence electrons. The smallest absolute Gasteiger partial charge is 0.303 e. The third-order valence-corrected chi connectivity index (χ3v) is 6.21. The second-order valence-corrected chi connectivity index (χ2v) is 8.98. The number of halogens is 5. The summed E-state index contributed by atoms with van der Waals surface area (Å²) in [6, 6.07) is 7.89. The van der Waals surface area contributed by atoms with Crippen molar-refractivity contribution >= 4 is 23.2 Å². The van der Waals surface area contributed by atoms with Gasteiger partial charge in [0, 0.05) is 22.5 Å². The second-order valence-electron chi connectivity index (χ2n) is 8.54. The fourth-order valence-electron chi connectivity index (χ4n) is 4.31. The molecular formula is C24H19ClF4N6O. The first kappa shape index (κ1) is 24.0. The first-order valence-corrected chi connectivity index (χ1v) is 11.4. The molecular weight excluding hydrogens is 500 g/mol. The maximum absolute atomic E-state index is 14.8. The Morgan fingerprint density at radius 3 is 2.58 bits per heavy atom. The van der Waals surface area contributed by atoms with E-state index in [0.717, 1.165) is 5.69 Å². The van der Waals surface area contributed by atoms with Crippen molar-refractivity contribution in [2.24, 2.45) is 0 Å². The summed E-state index contributed by atoms with van der Waals surface area (Å²) in [6.45, 7) is 0.345. The lowest BCUT2D eigenvalue weighted by atomic mass is 10.1. The Morgan fingerprint density at radius 1 is 1.11 bits per heavy atom. The average molecular weight is 519 g/mol. The number of carbonyl (C=O) groups excluding carboxylic acids is 1. The van der Waals surface area contributed by atoms with Crippen LogP contribution < -0.4 is 4.90 Å². The molecule has 2 aromatic carbocycles. The maximum Gasteiger partial charge on any atom is 0.406 e. The Labute approximate surface area is 207 Å². The number of carbonyl (C=O) groups is 1. The number of amides is 1. The number of fused-ring (bicyclic) bond motifs is 1. The monoisotopic (exact) mass is 518 g/mol. The number of hydrogen-bond acceptors (Lipinski definition) is 4. The van der Waals surface area contributed by atoms with Crippen LogP contribution >= 0.6 is 11.6 Å². The van der Waals surface area contributed by atoms with Crippen LogP contribution in [0.4, 0.5) is 23.2 Å². The number of alkyl halides is 3. The summed E-state index contributed by atoms with van der Waals surface area (Å²) in [5, 5.41) is 8.42. The SMILES string of the molecule is Cc1cn(-c2ccc(-c3cn([C@@H]4CCc5cc(Cl)ccc5N(CC(F)(F)F)C4=O)nn3)cc2F)cn1. The zero-order chi connectivity index (χ0) is 25.6. The number of benzene rings is 2. The molecule has 0 bridgehead atoms. The van der Waals surface area contributed by atoms with E-state index in [1.807, 2.05) is 0 Å². The van der Waals surface area contributed by atoms with Gasteiger partial charge in [-0.15, -0.1) is 5.10 Å². The number of rotatable bonds is 4. The standard InChI is InChI=1S/C24H19ClF4N6O/c1-14-10-33(13-30-14)21-5-2-15(9-18(21)26)19-11-35(32-31-19)22-6-3-16-8-17(25)4-7-20(16)34(23(22)36)12-24(27,28)29/h2,4-5,7-11,13,22H,3,6,12H2,1H3/t22-/m1/s1. The molecule has 1 atom stereocenters. The van der Waals surface area contributed by atoms with Crippen molar-refractivity contribution in [3.63, 3.8) is 0 Å². The molecule has 12 heteroatoms. The fourth-order valence-corrected chi connectivity index (χ4v) is 4.50. The van der Waals surface area contributed by atoms with E-state index in [0.29, 0.717) is 33.2 Å². The van der Waals surface area contributed by atoms with Gasteiger partial charge in [-0.05, 0) is 55.7 Å². The van der Waals surface area contributed by atoms with Crippen LogP contribution in [0.2, 0.25) is 5.02 Å². The predicted molar refractivity (Wildman–Crippen MR) is 124 cm³/mol. The lowest BCUT2D eigenvalue weighted by Crippen LogP contribution is -2.42. The molecule has 0 spiro atoms. The molecule has 1 aliphatic heterocycles. The molecule has 7 nitrogen and oxygen atoms in total. The van der Waals surface area contributed by atoms with Crippen LogP contribution in [0.5, 0.6) is 0 Å². The molecule has 1 aliphatic rings. The zero-order valence-electron chi connectivity index (χ0n) is 18.9. The number of anilines is 1. The minimum Gasteiger partial charge on any atom is -0.303 e. The van der Waals surface area contributed by atoms with Gasteiger partial charge in [-0.25, -0.2) is 14.1 Å². The highest BCUT2D eigenvalue weighted by molar-refractivity contribution is 6.30. The van der Waals surface area contributed by atoms with Gasteiger partial charge in [0.1, 0.15) is 24.1 Å². The predicted octanol–water partition coefficient (Wildman–Crippen LogP) is 5.31. The Kier molecular flexibility index (Phi) is 6.03. The van der Waals surface area contributed by atoms with Crippen molar-refractivity contribution in [2.45, 2.75) is 32.0 Å². The summed E-state index contributed by atoms with van der Waals surface area (Å²) in [7, 11) is 0. The second kappa shape index (κ2) is 9.05. The third-order valence-electron chi connectivity index (χ3n) is 5.97. The Hall–Kier alpha value is -3.73. The van der Waals surface area contributed by atoms with E-state index < -0.39 is 30.5 Å². The van der Waals surface area contributed by atoms with Crippen molar-refractivity contribution in [1.82, 2.24) is 24.5 Å². The Morgan fingerprint density at radius 2 is 1.89 bits per heavy atom. The quantitative estimate of drug-likeness (QED) is 0.343. The molecule has 1 amide bonds. The van der Waals surface area contributed by atoms with Gasteiger partial charge in [-0.2, -0.15) is 13.2 Å². The molecule has 5 rings (SSSR count). The molecule has 0 saturated carbocycles. The molecule has 0 fully saturated rings. The number of aromatic nitrogens is 5. The van der Waals surface area contributed by atoms with E-state index in [2.05, 4.69) is 15.3 Å². The van der Waals surface area contributed by atoms with Crippen LogP contribution in [-0.2, 0) is 11.2 Å². The van der Waals surface area contributed by atoms with Crippen molar-refractivity contribution in [3.8, 4) is 16.9 Å². The number of nitrogens with zero attached hydrogens (tertiary/aromatic N) is 6. The lowest BCUT2D eigenvalue weighted by molar-refractivity contribution is -0.134. The van der Waals surface area contributed by atoms with Gasteiger partial charge in [-0.3, -0.25) is 4.79 Å². The first-order chi connectivity index (χ1) is 17.1. The number of hydrogen-bond donors (Lipinski definition) is 0. The molecule has 0 N–H and O–H groups in total. The third kappa shape index (κ3) is 4.70. The summed E-state index contributed by atoms with van der Waals surface area (Å²) in [5.41, 5.74) is 2.42. The molecule has 2 aromatic heterocycles. The van der Waals surface area contributed by atoms with E-state index in [1.54, 1.807) is 35.9 Å². The fraction of sp³-hybridized carbons (Fsp3) is 0.250. The van der Waals surface area contributed by atoms with E-state index >= 15 is 0 Å². The summed E-state index contributed by atoms with van der Waals surface area (Å²) < 4.78 is 57.7. The molecule has 0 unspecified atom stereocenters. The highest BCUT2D eigenvalue weighted by Gasteiger charge is 2.39. The Bertz CT molecular complexity index is 1450. The van der Waals surface area contributed by atoms with Crippen LogP contribution in [0, 0.1) is 12.7 Å². The zero-order valence-corrected chi connectivity index (χ0v) is 19.6. The van der Waals surface area contributed by atoms with E-state index in [9.17, 15) is 22.4 Å². The van der Waals surface area contributed by atoms with Gasteiger partial charge < -0.3 is 9.47 Å². The number of aryl methyl sites for hydroxylation is 2. The minimum atomic E-state index is -4.61. The van der Waals surface area contributed by atoms with Gasteiger partial charge in [-0.1, -0.05) is 22.9 Å². The summed E-state index contributed by atoms with van der Waals surface area (Å²) >= 11 is 6.05. The molecule has 36 heavy (non-hydrogen) atoms. The normalized spacial score (nSPS) is 16.2.